The first-order valence-electron chi connectivity index (χ1n) is 7.43. The molecule has 17 heavy (non-hydrogen) atoms. The molecule has 2 aliphatic carbocycles. The molecule has 0 spiro atoms. The Morgan fingerprint density at radius 2 is 1.65 bits per heavy atom. The van der Waals surface area contributed by atoms with Crippen LogP contribution < -0.4 is 0 Å². The average Bonchev–Trinajstić information content (AvgIpc) is 2.33. The Bertz CT molecular complexity index is 245. The highest BCUT2D eigenvalue weighted by atomic mass is 16.3. The zero-order valence-electron chi connectivity index (χ0n) is 11.4. The van der Waals surface area contributed by atoms with Crippen molar-refractivity contribution in [3.8, 4) is 0 Å². The van der Waals surface area contributed by atoms with Crippen LogP contribution in [0.25, 0.3) is 0 Å². The molecule has 0 aromatic carbocycles. The van der Waals surface area contributed by atoms with Crippen LogP contribution in [0.3, 0.4) is 0 Å². The number of aliphatic hydroxyl groups is 2. The molecule has 2 heteroatoms. The fourth-order valence-electron chi connectivity index (χ4n) is 3.77. The fraction of sp³-hybridized carbons (Fsp3) is 1.00. The van der Waals surface area contributed by atoms with Crippen molar-refractivity contribution in [1.82, 2.24) is 0 Å². The Morgan fingerprint density at radius 1 is 1.00 bits per heavy atom. The minimum Gasteiger partial charge on any atom is -0.390 e. The lowest BCUT2D eigenvalue weighted by Crippen LogP contribution is -2.49. The lowest BCUT2D eigenvalue weighted by molar-refractivity contribution is -0.129. The van der Waals surface area contributed by atoms with Gasteiger partial charge in [-0.25, -0.2) is 0 Å². The third-order valence-corrected chi connectivity index (χ3v) is 5.36. The molecule has 0 aliphatic heterocycles. The summed E-state index contributed by atoms with van der Waals surface area (Å²) in [6, 6.07) is 0. The van der Waals surface area contributed by atoms with Gasteiger partial charge in [0.1, 0.15) is 0 Å². The van der Waals surface area contributed by atoms with Gasteiger partial charge in [0.25, 0.3) is 0 Å². The van der Waals surface area contributed by atoms with Gasteiger partial charge in [-0.15, -0.1) is 0 Å². The summed E-state index contributed by atoms with van der Waals surface area (Å²) in [5.74, 6) is 1.79. The van der Waals surface area contributed by atoms with Gasteiger partial charge in [0.2, 0.25) is 0 Å². The molecule has 2 rings (SSSR count). The van der Waals surface area contributed by atoms with E-state index in [-0.39, 0.29) is 0 Å². The van der Waals surface area contributed by atoms with Crippen LogP contribution in [0, 0.1) is 17.8 Å². The Kier molecular flexibility index (Phi) is 4.14. The van der Waals surface area contributed by atoms with Crippen molar-refractivity contribution in [2.75, 3.05) is 0 Å². The van der Waals surface area contributed by atoms with Crippen LogP contribution in [0.4, 0.5) is 0 Å². The summed E-state index contributed by atoms with van der Waals surface area (Å²) in [5, 5.41) is 21.1. The molecule has 2 saturated carbocycles. The lowest BCUT2D eigenvalue weighted by atomic mass is 9.68. The molecule has 0 aromatic heterocycles. The van der Waals surface area contributed by atoms with Gasteiger partial charge in [0.15, 0.2) is 0 Å². The van der Waals surface area contributed by atoms with Crippen molar-refractivity contribution in [2.24, 2.45) is 17.8 Å². The van der Waals surface area contributed by atoms with Crippen LogP contribution >= 0.6 is 0 Å². The molecule has 0 saturated heterocycles. The normalized spacial score (nSPS) is 39.9. The van der Waals surface area contributed by atoms with E-state index in [4.69, 9.17) is 0 Å². The molecule has 2 aliphatic rings. The average molecular weight is 240 g/mol. The first kappa shape index (κ1) is 13.4. The second-order valence-corrected chi connectivity index (χ2v) is 6.64. The first-order chi connectivity index (χ1) is 8.03. The molecule has 0 bridgehead atoms. The van der Waals surface area contributed by atoms with Crippen molar-refractivity contribution in [2.45, 2.75) is 76.9 Å². The highest BCUT2D eigenvalue weighted by Crippen LogP contribution is 2.41. The predicted octanol–water partition coefficient (Wildman–Crippen LogP) is 3.11. The molecule has 0 amide bonds. The molecule has 0 radical (unpaired) electrons. The minimum absolute atomic E-state index is 0.323. The van der Waals surface area contributed by atoms with Crippen molar-refractivity contribution in [3.63, 3.8) is 0 Å². The van der Waals surface area contributed by atoms with E-state index >= 15 is 0 Å². The number of rotatable bonds is 2. The van der Waals surface area contributed by atoms with Crippen molar-refractivity contribution >= 4 is 0 Å². The molecule has 0 heterocycles. The van der Waals surface area contributed by atoms with Gasteiger partial charge in [0, 0.05) is 0 Å². The number of hydrogen-bond donors (Lipinski definition) is 2. The minimum atomic E-state index is -0.775. The summed E-state index contributed by atoms with van der Waals surface area (Å²) >= 11 is 0. The largest absolute Gasteiger partial charge is 0.390 e. The monoisotopic (exact) mass is 240 g/mol. The van der Waals surface area contributed by atoms with Gasteiger partial charge in [0.05, 0.1) is 11.7 Å². The summed E-state index contributed by atoms with van der Waals surface area (Å²) in [7, 11) is 0. The SMILES string of the molecule is CC1CCC(C(O)C2(O)CCCCC2)CC1C. The van der Waals surface area contributed by atoms with Gasteiger partial charge >= 0.3 is 0 Å². The molecular weight excluding hydrogens is 212 g/mol. The zero-order chi connectivity index (χ0) is 12.5. The van der Waals surface area contributed by atoms with Crippen LogP contribution in [0.5, 0.6) is 0 Å². The lowest BCUT2D eigenvalue weighted by Gasteiger charge is -2.43. The maximum atomic E-state index is 10.6. The topological polar surface area (TPSA) is 40.5 Å². The van der Waals surface area contributed by atoms with Crippen LogP contribution in [-0.2, 0) is 0 Å². The molecule has 0 aromatic rings. The smallest absolute Gasteiger partial charge is 0.0908 e. The molecular formula is C15H28O2. The predicted molar refractivity (Wildman–Crippen MR) is 69.7 cm³/mol. The van der Waals surface area contributed by atoms with Gasteiger partial charge < -0.3 is 10.2 Å². The zero-order valence-corrected chi connectivity index (χ0v) is 11.4. The maximum absolute atomic E-state index is 10.6. The highest BCUT2D eigenvalue weighted by molar-refractivity contribution is 4.94. The molecule has 2 nitrogen and oxygen atoms in total. The van der Waals surface area contributed by atoms with Crippen LogP contribution in [-0.4, -0.2) is 21.9 Å². The van der Waals surface area contributed by atoms with Crippen LogP contribution in [0.2, 0.25) is 0 Å². The quantitative estimate of drug-likeness (QED) is 0.778. The fourth-order valence-corrected chi connectivity index (χ4v) is 3.77. The Balaban J connectivity index is 1.96. The van der Waals surface area contributed by atoms with Crippen LogP contribution in [0.1, 0.15) is 65.2 Å². The van der Waals surface area contributed by atoms with E-state index in [9.17, 15) is 10.2 Å². The van der Waals surface area contributed by atoms with Gasteiger partial charge in [-0.1, -0.05) is 39.5 Å². The third-order valence-electron chi connectivity index (χ3n) is 5.36. The number of aliphatic hydroxyl groups excluding tert-OH is 1. The third kappa shape index (κ3) is 2.85. The summed E-state index contributed by atoms with van der Waals surface area (Å²) in [4.78, 5) is 0. The van der Waals surface area contributed by atoms with Crippen molar-refractivity contribution < 1.29 is 10.2 Å². The molecule has 2 fully saturated rings. The van der Waals surface area contributed by atoms with Crippen molar-refractivity contribution in [3.05, 3.63) is 0 Å². The standard InChI is InChI=1S/C15H28O2/c1-11-6-7-13(10-12(11)2)14(16)15(17)8-4-3-5-9-15/h11-14,16-17H,3-10H2,1-2H3. The highest BCUT2D eigenvalue weighted by Gasteiger charge is 2.42. The van der Waals surface area contributed by atoms with Crippen LogP contribution in [0.15, 0.2) is 0 Å². The van der Waals surface area contributed by atoms with E-state index in [1.807, 2.05) is 0 Å². The maximum Gasteiger partial charge on any atom is 0.0908 e. The molecule has 4 atom stereocenters. The molecule has 4 unspecified atom stereocenters. The number of hydrogen-bond acceptors (Lipinski definition) is 2. The van der Waals surface area contributed by atoms with E-state index in [2.05, 4.69) is 13.8 Å². The summed E-state index contributed by atoms with van der Waals surface area (Å²) in [5.41, 5.74) is -0.775. The van der Waals surface area contributed by atoms with E-state index in [0.717, 1.165) is 44.4 Å². The molecule has 2 N–H and O–H groups in total. The second-order valence-electron chi connectivity index (χ2n) is 6.64. The summed E-state index contributed by atoms with van der Waals surface area (Å²) in [6.07, 6.45) is 7.87. The van der Waals surface area contributed by atoms with Gasteiger partial charge in [-0.05, 0) is 43.4 Å². The van der Waals surface area contributed by atoms with E-state index in [0.29, 0.717) is 11.8 Å². The molecule has 100 valence electrons. The summed E-state index contributed by atoms with van der Waals surface area (Å²) < 4.78 is 0. The van der Waals surface area contributed by atoms with E-state index < -0.39 is 11.7 Å². The second kappa shape index (κ2) is 5.27. The van der Waals surface area contributed by atoms with Gasteiger partial charge in [-0.3, -0.25) is 0 Å². The van der Waals surface area contributed by atoms with Gasteiger partial charge in [-0.2, -0.15) is 0 Å². The summed E-state index contributed by atoms with van der Waals surface area (Å²) in [6.45, 7) is 4.59. The Hall–Kier alpha value is -0.0800. The Labute approximate surface area is 105 Å². The van der Waals surface area contributed by atoms with E-state index in [1.54, 1.807) is 0 Å². The Morgan fingerprint density at radius 3 is 2.24 bits per heavy atom. The first-order valence-corrected chi connectivity index (χ1v) is 7.43. The van der Waals surface area contributed by atoms with E-state index in [1.165, 1.54) is 12.8 Å². The van der Waals surface area contributed by atoms with Crippen molar-refractivity contribution in [1.29, 1.82) is 0 Å².